The maximum absolute atomic E-state index is 13.8. The first-order chi connectivity index (χ1) is 18.0. The number of fused-ring (bicyclic) bond motifs is 1. The van der Waals surface area contributed by atoms with E-state index >= 15 is 0 Å². The number of benzodiazepines with no additional fused rings is 1. The number of amides is 2. The smallest absolute Gasteiger partial charge is 0.305 e. The van der Waals surface area contributed by atoms with Crippen LogP contribution in [0, 0.1) is 0 Å². The summed E-state index contributed by atoms with van der Waals surface area (Å²) in [5.41, 5.74) is 3.23. The Hall–Kier alpha value is -3.48. The van der Waals surface area contributed by atoms with Gasteiger partial charge in [-0.2, -0.15) is 0 Å². The first kappa shape index (κ1) is 28.1. The van der Waals surface area contributed by atoms with Crippen molar-refractivity contribution in [3.8, 4) is 0 Å². The SMILES string of the molecule is CCCCCC(=O)N(CCCCCC(=O)OCC)C1N=C(c2ccccc2)c2ccccc2N(C)C1=O. The van der Waals surface area contributed by atoms with E-state index in [1.807, 2.05) is 54.6 Å². The molecule has 1 heterocycles. The number of carbonyl (C=O) groups is 3. The monoisotopic (exact) mass is 505 g/mol. The first-order valence-corrected chi connectivity index (χ1v) is 13.4. The van der Waals surface area contributed by atoms with Gasteiger partial charge in [-0.05, 0) is 32.3 Å². The van der Waals surface area contributed by atoms with Gasteiger partial charge in [0, 0.05) is 37.6 Å². The second-order valence-electron chi connectivity index (χ2n) is 9.29. The van der Waals surface area contributed by atoms with Crippen molar-refractivity contribution in [3.63, 3.8) is 0 Å². The lowest BCUT2D eigenvalue weighted by molar-refractivity contribution is -0.143. The molecule has 37 heavy (non-hydrogen) atoms. The normalized spacial score (nSPS) is 15.0. The zero-order chi connectivity index (χ0) is 26.6. The van der Waals surface area contributed by atoms with E-state index in [0.717, 1.165) is 42.5 Å². The molecule has 1 atom stereocenters. The molecule has 1 aliphatic heterocycles. The predicted molar refractivity (Wildman–Crippen MR) is 147 cm³/mol. The summed E-state index contributed by atoms with van der Waals surface area (Å²) in [6.07, 6.45) is 4.65. The van der Waals surface area contributed by atoms with Gasteiger partial charge in [0.05, 0.1) is 18.0 Å². The Balaban J connectivity index is 1.91. The van der Waals surface area contributed by atoms with E-state index in [1.165, 1.54) is 0 Å². The average Bonchev–Trinajstić information content (AvgIpc) is 3.02. The van der Waals surface area contributed by atoms with Gasteiger partial charge >= 0.3 is 5.97 Å². The fourth-order valence-corrected chi connectivity index (χ4v) is 4.55. The fraction of sp³-hybridized carbons (Fsp3) is 0.467. The largest absolute Gasteiger partial charge is 0.466 e. The topological polar surface area (TPSA) is 79.3 Å². The number of anilines is 1. The highest BCUT2D eigenvalue weighted by molar-refractivity contribution is 6.20. The summed E-state index contributed by atoms with van der Waals surface area (Å²) < 4.78 is 5.01. The number of benzene rings is 2. The third-order valence-corrected chi connectivity index (χ3v) is 6.57. The van der Waals surface area contributed by atoms with Crippen LogP contribution in [0.5, 0.6) is 0 Å². The van der Waals surface area contributed by atoms with Crippen molar-refractivity contribution in [2.45, 2.75) is 71.4 Å². The van der Waals surface area contributed by atoms with Crippen LogP contribution in [0.3, 0.4) is 0 Å². The molecule has 0 N–H and O–H groups in total. The Labute approximate surface area is 220 Å². The zero-order valence-corrected chi connectivity index (χ0v) is 22.3. The lowest BCUT2D eigenvalue weighted by Crippen LogP contribution is -2.49. The summed E-state index contributed by atoms with van der Waals surface area (Å²) in [5.74, 6) is -0.494. The first-order valence-electron chi connectivity index (χ1n) is 13.4. The van der Waals surface area contributed by atoms with Crippen molar-refractivity contribution in [2.75, 3.05) is 25.1 Å². The molecule has 2 amide bonds. The van der Waals surface area contributed by atoms with Gasteiger partial charge in [0.25, 0.3) is 5.91 Å². The molecule has 1 aliphatic rings. The molecule has 0 spiro atoms. The molecule has 3 rings (SSSR count). The quantitative estimate of drug-likeness (QED) is 0.271. The molecule has 0 radical (unpaired) electrons. The number of carbonyl (C=O) groups excluding carboxylic acids is 3. The van der Waals surface area contributed by atoms with Gasteiger partial charge in [-0.25, -0.2) is 4.99 Å². The molecule has 0 saturated heterocycles. The van der Waals surface area contributed by atoms with Gasteiger partial charge in [-0.1, -0.05) is 74.7 Å². The number of esters is 1. The molecule has 0 fully saturated rings. The molecule has 0 aromatic heterocycles. The van der Waals surface area contributed by atoms with Crippen molar-refractivity contribution in [3.05, 3.63) is 65.7 Å². The Morgan fingerprint density at radius 1 is 0.919 bits per heavy atom. The molecule has 198 valence electrons. The number of ether oxygens (including phenoxy) is 1. The van der Waals surface area contributed by atoms with E-state index in [9.17, 15) is 14.4 Å². The molecule has 2 aromatic carbocycles. The lowest BCUT2D eigenvalue weighted by atomic mass is 10.0. The molecule has 0 aliphatic carbocycles. The van der Waals surface area contributed by atoms with Crippen LogP contribution in [-0.4, -0.2) is 54.8 Å². The molecular weight excluding hydrogens is 466 g/mol. The lowest BCUT2D eigenvalue weighted by Gasteiger charge is -2.30. The number of unbranched alkanes of at least 4 members (excludes halogenated alkanes) is 4. The number of nitrogens with zero attached hydrogens (tertiary/aromatic N) is 3. The van der Waals surface area contributed by atoms with Crippen LogP contribution in [-0.2, 0) is 19.1 Å². The highest BCUT2D eigenvalue weighted by Crippen LogP contribution is 2.29. The molecule has 0 saturated carbocycles. The summed E-state index contributed by atoms with van der Waals surface area (Å²) in [6.45, 7) is 4.67. The second kappa shape index (κ2) is 14.3. The van der Waals surface area contributed by atoms with E-state index in [0.29, 0.717) is 44.5 Å². The Bertz CT molecular complexity index is 1080. The van der Waals surface area contributed by atoms with Crippen molar-refractivity contribution in [1.82, 2.24) is 4.90 Å². The summed E-state index contributed by atoms with van der Waals surface area (Å²) in [5, 5.41) is 0. The van der Waals surface area contributed by atoms with E-state index < -0.39 is 6.17 Å². The number of para-hydroxylation sites is 1. The minimum absolute atomic E-state index is 0.0623. The van der Waals surface area contributed by atoms with Crippen LogP contribution in [0.2, 0.25) is 0 Å². The molecular formula is C30H39N3O4. The Morgan fingerprint density at radius 2 is 1.62 bits per heavy atom. The van der Waals surface area contributed by atoms with Gasteiger partial charge < -0.3 is 14.5 Å². The van der Waals surface area contributed by atoms with Gasteiger partial charge in [0.2, 0.25) is 12.1 Å². The van der Waals surface area contributed by atoms with Crippen LogP contribution in [0.25, 0.3) is 0 Å². The van der Waals surface area contributed by atoms with Gasteiger partial charge in [0.15, 0.2) is 0 Å². The zero-order valence-electron chi connectivity index (χ0n) is 22.3. The van der Waals surface area contributed by atoms with Gasteiger partial charge in [-0.15, -0.1) is 0 Å². The van der Waals surface area contributed by atoms with Crippen LogP contribution in [0.15, 0.2) is 59.6 Å². The molecule has 2 aromatic rings. The Kier molecular flexibility index (Phi) is 10.9. The second-order valence-corrected chi connectivity index (χ2v) is 9.29. The minimum atomic E-state index is -0.952. The fourth-order valence-electron chi connectivity index (χ4n) is 4.55. The number of likely N-dealkylation sites (N-methyl/N-ethyl adjacent to an activating group) is 1. The number of hydrogen-bond acceptors (Lipinski definition) is 5. The van der Waals surface area contributed by atoms with Crippen LogP contribution >= 0.6 is 0 Å². The Morgan fingerprint density at radius 3 is 2.35 bits per heavy atom. The van der Waals surface area contributed by atoms with E-state index in [-0.39, 0.29) is 17.8 Å². The predicted octanol–water partition coefficient (Wildman–Crippen LogP) is 5.36. The maximum Gasteiger partial charge on any atom is 0.305 e. The summed E-state index contributed by atoms with van der Waals surface area (Å²) in [7, 11) is 1.75. The van der Waals surface area contributed by atoms with Crippen molar-refractivity contribution in [2.24, 2.45) is 4.99 Å². The summed E-state index contributed by atoms with van der Waals surface area (Å²) in [4.78, 5) is 47.2. The van der Waals surface area contributed by atoms with Crippen LogP contribution < -0.4 is 4.90 Å². The van der Waals surface area contributed by atoms with Crippen LogP contribution in [0.4, 0.5) is 5.69 Å². The molecule has 7 heteroatoms. The van der Waals surface area contributed by atoms with E-state index in [4.69, 9.17) is 9.73 Å². The van der Waals surface area contributed by atoms with E-state index in [2.05, 4.69) is 6.92 Å². The van der Waals surface area contributed by atoms with Gasteiger partial charge in [0.1, 0.15) is 0 Å². The molecule has 7 nitrogen and oxygen atoms in total. The van der Waals surface area contributed by atoms with Crippen molar-refractivity contribution < 1.29 is 19.1 Å². The average molecular weight is 506 g/mol. The van der Waals surface area contributed by atoms with Crippen LogP contribution in [0.1, 0.15) is 76.3 Å². The molecule has 0 bridgehead atoms. The number of rotatable bonds is 13. The van der Waals surface area contributed by atoms with Gasteiger partial charge in [-0.3, -0.25) is 14.4 Å². The maximum atomic E-state index is 13.8. The molecule has 1 unspecified atom stereocenters. The minimum Gasteiger partial charge on any atom is -0.466 e. The van der Waals surface area contributed by atoms with E-state index in [1.54, 1.807) is 23.8 Å². The number of hydrogen-bond donors (Lipinski definition) is 0. The third-order valence-electron chi connectivity index (χ3n) is 6.57. The van der Waals surface area contributed by atoms with Crippen molar-refractivity contribution in [1.29, 1.82) is 0 Å². The standard InChI is InChI=1S/C30H39N3O4/c1-4-6-9-20-26(34)33(22-15-8-12-21-27(35)37-5-2)29-30(36)32(3)25-19-14-13-18-24(25)28(31-29)23-16-10-7-11-17-23/h7,10-11,13-14,16-19,29H,4-6,8-9,12,15,20-22H2,1-3H3. The highest BCUT2D eigenvalue weighted by atomic mass is 16.5. The van der Waals surface area contributed by atoms with Crippen molar-refractivity contribution >= 4 is 29.2 Å². The third kappa shape index (κ3) is 7.51. The highest BCUT2D eigenvalue weighted by Gasteiger charge is 2.35. The number of aliphatic imine (C=N–C) groups is 1. The summed E-state index contributed by atoms with van der Waals surface area (Å²) >= 11 is 0. The summed E-state index contributed by atoms with van der Waals surface area (Å²) in [6, 6.07) is 17.5.